The third kappa shape index (κ3) is 4.19. The van der Waals surface area contributed by atoms with Gasteiger partial charge in [-0.25, -0.2) is 0 Å². The van der Waals surface area contributed by atoms with Gasteiger partial charge < -0.3 is 19.1 Å². The molecule has 0 spiro atoms. The standard InChI is InChI=1S/C19H23NO4/c1-14-17(22-3)12-15(13-18(14)23-4)19(21)20(2)10-11-24-16-8-6-5-7-9-16/h5-9,12-13H,10-11H2,1-4H3. The number of carbonyl (C=O) groups is 1. The highest BCUT2D eigenvalue weighted by Gasteiger charge is 2.16. The first-order valence-electron chi connectivity index (χ1n) is 7.72. The first-order chi connectivity index (χ1) is 11.6. The van der Waals surface area contributed by atoms with Gasteiger partial charge in [0.1, 0.15) is 23.9 Å². The highest BCUT2D eigenvalue weighted by Crippen LogP contribution is 2.29. The van der Waals surface area contributed by atoms with Crippen molar-refractivity contribution < 1.29 is 19.0 Å². The lowest BCUT2D eigenvalue weighted by Gasteiger charge is -2.19. The maximum absolute atomic E-state index is 12.6. The van der Waals surface area contributed by atoms with Crippen LogP contribution in [0.1, 0.15) is 15.9 Å². The Kier molecular flexibility index (Phi) is 6.07. The summed E-state index contributed by atoms with van der Waals surface area (Å²) in [7, 11) is 4.90. The van der Waals surface area contributed by atoms with Gasteiger partial charge in [0.2, 0.25) is 0 Å². The van der Waals surface area contributed by atoms with Crippen molar-refractivity contribution in [2.24, 2.45) is 0 Å². The maximum atomic E-state index is 12.6. The topological polar surface area (TPSA) is 48.0 Å². The molecule has 24 heavy (non-hydrogen) atoms. The minimum absolute atomic E-state index is 0.108. The summed E-state index contributed by atoms with van der Waals surface area (Å²) in [5.74, 6) is 1.94. The van der Waals surface area contributed by atoms with Crippen molar-refractivity contribution in [2.75, 3.05) is 34.4 Å². The summed E-state index contributed by atoms with van der Waals surface area (Å²) in [6.07, 6.45) is 0. The number of para-hydroxylation sites is 1. The molecule has 0 fully saturated rings. The SMILES string of the molecule is COc1cc(C(=O)N(C)CCOc2ccccc2)cc(OC)c1C. The summed E-state index contributed by atoms with van der Waals surface area (Å²) in [6.45, 7) is 2.79. The Hall–Kier alpha value is -2.69. The summed E-state index contributed by atoms with van der Waals surface area (Å²) >= 11 is 0. The van der Waals surface area contributed by atoms with Gasteiger partial charge in [-0.3, -0.25) is 4.79 Å². The normalized spacial score (nSPS) is 10.2. The molecule has 5 heteroatoms. The number of methoxy groups -OCH3 is 2. The maximum Gasteiger partial charge on any atom is 0.253 e. The molecule has 128 valence electrons. The van der Waals surface area contributed by atoms with Gasteiger partial charge in [0.25, 0.3) is 5.91 Å². The third-order valence-corrected chi connectivity index (χ3v) is 3.78. The summed E-state index contributed by atoms with van der Waals surface area (Å²) in [6, 6.07) is 13.0. The Morgan fingerprint density at radius 3 is 2.17 bits per heavy atom. The Bertz CT molecular complexity index is 660. The van der Waals surface area contributed by atoms with Crippen molar-refractivity contribution in [2.45, 2.75) is 6.92 Å². The van der Waals surface area contributed by atoms with E-state index in [1.165, 1.54) is 0 Å². The molecule has 0 N–H and O–H groups in total. The van der Waals surface area contributed by atoms with Crippen molar-refractivity contribution >= 4 is 5.91 Å². The van der Waals surface area contributed by atoms with Crippen LogP contribution in [0.2, 0.25) is 0 Å². The van der Waals surface area contributed by atoms with Crippen molar-refractivity contribution in [3.63, 3.8) is 0 Å². The summed E-state index contributed by atoms with van der Waals surface area (Å²) in [5, 5.41) is 0. The van der Waals surface area contributed by atoms with Crippen LogP contribution in [0.15, 0.2) is 42.5 Å². The molecule has 0 unspecified atom stereocenters. The molecule has 0 radical (unpaired) electrons. The lowest BCUT2D eigenvalue weighted by atomic mass is 10.1. The molecular weight excluding hydrogens is 306 g/mol. The van der Waals surface area contributed by atoms with Crippen LogP contribution >= 0.6 is 0 Å². The number of rotatable bonds is 7. The van der Waals surface area contributed by atoms with Gasteiger partial charge in [0.05, 0.1) is 20.8 Å². The molecule has 2 aromatic rings. The quantitative estimate of drug-likeness (QED) is 0.783. The predicted molar refractivity (Wildman–Crippen MR) is 93.2 cm³/mol. The Morgan fingerprint density at radius 1 is 1.04 bits per heavy atom. The lowest BCUT2D eigenvalue weighted by Crippen LogP contribution is -2.31. The Balaban J connectivity index is 2.02. The molecule has 0 saturated heterocycles. The number of amides is 1. The van der Waals surface area contributed by atoms with Gasteiger partial charge in [-0.05, 0) is 31.2 Å². The molecular formula is C19H23NO4. The summed E-state index contributed by atoms with van der Waals surface area (Å²) in [4.78, 5) is 14.2. The fraction of sp³-hybridized carbons (Fsp3) is 0.316. The molecule has 0 aliphatic carbocycles. The minimum atomic E-state index is -0.108. The minimum Gasteiger partial charge on any atom is -0.496 e. The molecule has 0 saturated carbocycles. The van der Waals surface area contributed by atoms with E-state index in [9.17, 15) is 4.79 Å². The van der Waals surface area contributed by atoms with Gasteiger partial charge in [-0.2, -0.15) is 0 Å². The molecule has 0 aliphatic heterocycles. The van der Waals surface area contributed by atoms with E-state index in [0.717, 1.165) is 11.3 Å². The van der Waals surface area contributed by atoms with E-state index in [4.69, 9.17) is 14.2 Å². The van der Waals surface area contributed by atoms with Crippen LogP contribution < -0.4 is 14.2 Å². The van der Waals surface area contributed by atoms with E-state index in [0.29, 0.717) is 30.2 Å². The van der Waals surface area contributed by atoms with Crippen LogP contribution in [-0.4, -0.2) is 45.2 Å². The second kappa shape index (κ2) is 8.24. The van der Waals surface area contributed by atoms with E-state index in [-0.39, 0.29) is 5.91 Å². The molecule has 0 heterocycles. The lowest BCUT2D eigenvalue weighted by molar-refractivity contribution is 0.0773. The highest BCUT2D eigenvalue weighted by molar-refractivity contribution is 5.95. The number of nitrogens with zero attached hydrogens (tertiary/aromatic N) is 1. The van der Waals surface area contributed by atoms with Crippen LogP contribution in [0, 0.1) is 6.92 Å². The van der Waals surface area contributed by atoms with Crippen molar-refractivity contribution in [1.29, 1.82) is 0 Å². The van der Waals surface area contributed by atoms with Gasteiger partial charge >= 0.3 is 0 Å². The average Bonchev–Trinajstić information content (AvgIpc) is 2.62. The van der Waals surface area contributed by atoms with Crippen molar-refractivity contribution in [1.82, 2.24) is 4.90 Å². The van der Waals surface area contributed by atoms with E-state index in [1.54, 1.807) is 38.3 Å². The second-order valence-electron chi connectivity index (χ2n) is 5.39. The monoisotopic (exact) mass is 329 g/mol. The van der Waals surface area contributed by atoms with Gasteiger partial charge in [0.15, 0.2) is 0 Å². The molecule has 0 aromatic heterocycles. The smallest absolute Gasteiger partial charge is 0.253 e. The van der Waals surface area contributed by atoms with E-state index >= 15 is 0 Å². The third-order valence-electron chi connectivity index (χ3n) is 3.78. The predicted octanol–water partition coefficient (Wildman–Crippen LogP) is 3.16. The number of benzene rings is 2. The second-order valence-corrected chi connectivity index (χ2v) is 5.39. The zero-order valence-electron chi connectivity index (χ0n) is 14.5. The molecule has 2 aromatic carbocycles. The number of ether oxygens (including phenoxy) is 3. The van der Waals surface area contributed by atoms with Gasteiger partial charge in [-0.15, -0.1) is 0 Å². The van der Waals surface area contributed by atoms with Crippen molar-refractivity contribution in [3.05, 3.63) is 53.6 Å². The fourth-order valence-corrected chi connectivity index (χ4v) is 2.35. The van der Waals surface area contributed by atoms with E-state index in [2.05, 4.69) is 0 Å². The largest absolute Gasteiger partial charge is 0.496 e. The number of hydrogen-bond acceptors (Lipinski definition) is 4. The fourth-order valence-electron chi connectivity index (χ4n) is 2.35. The number of hydrogen-bond donors (Lipinski definition) is 0. The molecule has 0 atom stereocenters. The summed E-state index contributed by atoms with van der Waals surface area (Å²) in [5.41, 5.74) is 1.39. The first-order valence-corrected chi connectivity index (χ1v) is 7.72. The zero-order valence-corrected chi connectivity index (χ0v) is 14.5. The molecule has 1 amide bonds. The van der Waals surface area contributed by atoms with E-state index in [1.807, 2.05) is 37.3 Å². The van der Waals surface area contributed by atoms with Crippen molar-refractivity contribution in [3.8, 4) is 17.2 Å². The van der Waals surface area contributed by atoms with Crippen LogP contribution in [0.4, 0.5) is 0 Å². The number of carbonyl (C=O) groups excluding carboxylic acids is 1. The van der Waals surface area contributed by atoms with Gasteiger partial charge in [-0.1, -0.05) is 18.2 Å². The zero-order chi connectivity index (χ0) is 17.5. The van der Waals surface area contributed by atoms with Crippen LogP contribution in [0.5, 0.6) is 17.2 Å². The van der Waals surface area contributed by atoms with Crippen LogP contribution in [0.3, 0.4) is 0 Å². The summed E-state index contributed by atoms with van der Waals surface area (Å²) < 4.78 is 16.3. The Morgan fingerprint density at radius 2 is 1.62 bits per heavy atom. The molecule has 5 nitrogen and oxygen atoms in total. The van der Waals surface area contributed by atoms with Crippen LogP contribution in [-0.2, 0) is 0 Å². The highest BCUT2D eigenvalue weighted by atomic mass is 16.5. The average molecular weight is 329 g/mol. The van der Waals surface area contributed by atoms with Crippen LogP contribution in [0.25, 0.3) is 0 Å². The van der Waals surface area contributed by atoms with E-state index < -0.39 is 0 Å². The first kappa shape index (κ1) is 17.7. The number of likely N-dealkylation sites (N-methyl/N-ethyl adjacent to an activating group) is 1. The molecule has 2 rings (SSSR count). The molecule has 0 aliphatic rings. The molecule has 0 bridgehead atoms. The van der Waals surface area contributed by atoms with Gasteiger partial charge in [0, 0.05) is 18.2 Å². The Labute approximate surface area is 142 Å².